The highest BCUT2D eigenvalue weighted by molar-refractivity contribution is 7.98. The number of halogens is 1. The van der Waals surface area contributed by atoms with E-state index in [0.29, 0.717) is 22.5 Å². The SMILES string of the molecule is Oc1ccc(SCc2nc(-c3ccccc3Cl)no2)cc1. The quantitative estimate of drug-likeness (QED) is 0.723. The standard InChI is InChI=1S/C15H11ClN2O2S/c16-13-4-2-1-3-12(13)15-17-14(20-18-15)9-21-11-7-5-10(19)6-8-11/h1-8,19H,9H2. The van der Waals surface area contributed by atoms with E-state index in [1.165, 1.54) is 0 Å². The van der Waals surface area contributed by atoms with Crippen molar-refractivity contribution in [2.75, 3.05) is 0 Å². The Morgan fingerprint density at radius 1 is 1.10 bits per heavy atom. The smallest absolute Gasteiger partial charge is 0.237 e. The van der Waals surface area contributed by atoms with Crippen molar-refractivity contribution in [2.45, 2.75) is 10.6 Å². The predicted molar refractivity (Wildman–Crippen MR) is 82.4 cm³/mol. The summed E-state index contributed by atoms with van der Waals surface area (Å²) >= 11 is 7.66. The van der Waals surface area contributed by atoms with Gasteiger partial charge >= 0.3 is 0 Å². The van der Waals surface area contributed by atoms with Gasteiger partial charge in [0.25, 0.3) is 0 Å². The lowest BCUT2D eigenvalue weighted by Crippen LogP contribution is -1.83. The van der Waals surface area contributed by atoms with Crippen LogP contribution in [0.1, 0.15) is 5.89 Å². The number of nitrogens with zero attached hydrogens (tertiary/aromatic N) is 2. The van der Waals surface area contributed by atoms with Gasteiger partial charge in [0.15, 0.2) is 0 Å². The average molecular weight is 319 g/mol. The highest BCUT2D eigenvalue weighted by atomic mass is 35.5. The van der Waals surface area contributed by atoms with E-state index < -0.39 is 0 Å². The lowest BCUT2D eigenvalue weighted by atomic mass is 10.2. The monoisotopic (exact) mass is 318 g/mol. The number of rotatable bonds is 4. The Balaban J connectivity index is 1.71. The molecule has 0 saturated carbocycles. The molecule has 1 aromatic heterocycles. The van der Waals surface area contributed by atoms with Gasteiger partial charge in [-0.15, -0.1) is 11.8 Å². The van der Waals surface area contributed by atoms with E-state index in [2.05, 4.69) is 10.1 Å². The third kappa shape index (κ3) is 3.37. The first kappa shape index (κ1) is 14.0. The molecule has 1 N–H and O–H groups in total. The van der Waals surface area contributed by atoms with Crippen LogP contribution in [0.3, 0.4) is 0 Å². The number of aromatic nitrogens is 2. The number of aromatic hydroxyl groups is 1. The van der Waals surface area contributed by atoms with Crippen LogP contribution in [0.15, 0.2) is 57.9 Å². The fourth-order valence-electron chi connectivity index (χ4n) is 1.75. The molecule has 0 unspecified atom stereocenters. The maximum absolute atomic E-state index is 9.23. The Kier molecular flexibility index (Phi) is 4.13. The second kappa shape index (κ2) is 6.20. The molecule has 1 heterocycles. The first-order valence-electron chi connectivity index (χ1n) is 6.22. The van der Waals surface area contributed by atoms with Crippen LogP contribution < -0.4 is 0 Å². The van der Waals surface area contributed by atoms with Crippen molar-refractivity contribution >= 4 is 23.4 Å². The molecule has 0 saturated heterocycles. The van der Waals surface area contributed by atoms with E-state index >= 15 is 0 Å². The van der Waals surface area contributed by atoms with Crippen molar-refractivity contribution in [1.29, 1.82) is 0 Å². The molecule has 0 radical (unpaired) electrons. The minimum Gasteiger partial charge on any atom is -0.508 e. The molecule has 106 valence electrons. The van der Waals surface area contributed by atoms with E-state index in [1.54, 1.807) is 30.0 Å². The van der Waals surface area contributed by atoms with Crippen molar-refractivity contribution in [1.82, 2.24) is 10.1 Å². The van der Waals surface area contributed by atoms with Crippen molar-refractivity contribution in [3.8, 4) is 17.1 Å². The molecule has 0 aliphatic carbocycles. The van der Waals surface area contributed by atoms with E-state index in [9.17, 15) is 5.11 Å². The van der Waals surface area contributed by atoms with Gasteiger partial charge in [0.2, 0.25) is 11.7 Å². The topological polar surface area (TPSA) is 59.2 Å². The highest BCUT2D eigenvalue weighted by Gasteiger charge is 2.11. The van der Waals surface area contributed by atoms with Gasteiger partial charge in [-0.25, -0.2) is 0 Å². The molecule has 3 rings (SSSR count). The third-order valence-electron chi connectivity index (χ3n) is 2.78. The molecule has 0 amide bonds. The average Bonchev–Trinajstić information content (AvgIpc) is 2.96. The second-order valence-electron chi connectivity index (χ2n) is 4.27. The lowest BCUT2D eigenvalue weighted by molar-refractivity contribution is 0.391. The lowest BCUT2D eigenvalue weighted by Gasteiger charge is -1.98. The Morgan fingerprint density at radius 3 is 2.62 bits per heavy atom. The first-order chi connectivity index (χ1) is 10.2. The molecular formula is C15H11ClN2O2S. The van der Waals surface area contributed by atoms with Crippen molar-refractivity contribution in [3.05, 3.63) is 59.4 Å². The van der Waals surface area contributed by atoms with Crippen LogP contribution in [0.5, 0.6) is 5.75 Å². The van der Waals surface area contributed by atoms with Crippen molar-refractivity contribution in [3.63, 3.8) is 0 Å². The van der Waals surface area contributed by atoms with Crippen LogP contribution >= 0.6 is 23.4 Å². The summed E-state index contributed by atoms with van der Waals surface area (Å²) in [5.74, 6) is 1.82. The summed E-state index contributed by atoms with van der Waals surface area (Å²) in [6.07, 6.45) is 0. The van der Waals surface area contributed by atoms with Gasteiger partial charge in [-0.05, 0) is 36.4 Å². The number of thioether (sulfide) groups is 1. The molecule has 0 aliphatic heterocycles. The van der Waals surface area contributed by atoms with E-state index in [-0.39, 0.29) is 5.75 Å². The Morgan fingerprint density at radius 2 is 1.86 bits per heavy atom. The summed E-state index contributed by atoms with van der Waals surface area (Å²) in [7, 11) is 0. The summed E-state index contributed by atoms with van der Waals surface area (Å²) in [5, 5.41) is 13.8. The van der Waals surface area contributed by atoms with Gasteiger partial charge < -0.3 is 9.63 Å². The molecule has 0 aliphatic rings. The molecule has 0 fully saturated rings. The Labute approximate surface area is 130 Å². The Hall–Kier alpha value is -1.98. The second-order valence-corrected chi connectivity index (χ2v) is 5.73. The zero-order chi connectivity index (χ0) is 14.7. The van der Waals surface area contributed by atoms with E-state index in [0.717, 1.165) is 10.5 Å². The third-order valence-corrected chi connectivity index (χ3v) is 4.11. The van der Waals surface area contributed by atoms with Crippen molar-refractivity contribution in [2.24, 2.45) is 0 Å². The molecule has 0 bridgehead atoms. The number of phenolic OH excluding ortho intramolecular Hbond substituents is 1. The van der Waals surface area contributed by atoms with Crippen LogP contribution in [0.4, 0.5) is 0 Å². The fourth-order valence-corrected chi connectivity index (χ4v) is 2.71. The van der Waals surface area contributed by atoms with Gasteiger partial charge in [0, 0.05) is 10.5 Å². The van der Waals surface area contributed by atoms with Crippen molar-refractivity contribution < 1.29 is 9.63 Å². The molecule has 0 atom stereocenters. The zero-order valence-corrected chi connectivity index (χ0v) is 12.4. The summed E-state index contributed by atoms with van der Waals surface area (Å²) < 4.78 is 5.23. The van der Waals surface area contributed by atoms with Gasteiger partial charge in [-0.2, -0.15) is 4.98 Å². The number of hydrogen-bond donors (Lipinski definition) is 1. The van der Waals surface area contributed by atoms with Crippen LogP contribution in [0, 0.1) is 0 Å². The highest BCUT2D eigenvalue weighted by Crippen LogP contribution is 2.27. The molecule has 2 aromatic carbocycles. The normalized spacial score (nSPS) is 10.7. The first-order valence-corrected chi connectivity index (χ1v) is 7.58. The largest absolute Gasteiger partial charge is 0.508 e. The summed E-state index contributed by atoms with van der Waals surface area (Å²) in [6, 6.07) is 14.3. The molecule has 6 heteroatoms. The molecule has 0 spiro atoms. The zero-order valence-electron chi connectivity index (χ0n) is 10.9. The summed E-state index contributed by atoms with van der Waals surface area (Å²) in [5.41, 5.74) is 0.754. The summed E-state index contributed by atoms with van der Waals surface area (Å²) in [6.45, 7) is 0. The van der Waals surface area contributed by atoms with Crippen LogP contribution in [0.25, 0.3) is 11.4 Å². The molecular weight excluding hydrogens is 308 g/mol. The minimum absolute atomic E-state index is 0.248. The van der Waals surface area contributed by atoms with Crippen LogP contribution in [-0.2, 0) is 5.75 Å². The minimum atomic E-state index is 0.248. The number of phenols is 1. The maximum atomic E-state index is 9.23. The van der Waals surface area contributed by atoms with Gasteiger partial charge in [-0.3, -0.25) is 0 Å². The number of hydrogen-bond acceptors (Lipinski definition) is 5. The Bertz CT molecular complexity index is 743. The van der Waals surface area contributed by atoms with Gasteiger partial charge in [0.1, 0.15) is 5.75 Å². The predicted octanol–water partition coefficient (Wildman–Crippen LogP) is 4.39. The molecule has 3 aromatic rings. The number of benzene rings is 2. The maximum Gasteiger partial charge on any atom is 0.237 e. The molecule has 21 heavy (non-hydrogen) atoms. The van der Waals surface area contributed by atoms with E-state index in [4.69, 9.17) is 16.1 Å². The molecule has 4 nitrogen and oxygen atoms in total. The van der Waals surface area contributed by atoms with Crippen LogP contribution in [-0.4, -0.2) is 15.2 Å². The van der Waals surface area contributed by atoms with Crippen LogP contribution in [0.2, 0.25) is 5.02 Å². The van der Waals surface area contributed by atoms with Gasteiger partial charge in [-0.1, -0.05) is 28.9 Å². The summed E-state index contributed by atoms with van der Waals surface area (Å²) in [4.78, 5) is 5.36. The van der Waals surface area contributed by atoms with E-state index in [1.807, 2.05) is 30.3 Å². The van der Waals surface area contributed by atoms with Gasteiger partial charge in [0.05, 0.1) is 10.8 Å². The fraction of sp³-hybridized carbons (Fsp3) is 0.0667.